The SMILES string of the molecule is Cc1noc(NC(=O)COc2ccccc2C#N)n1. The van der Waals surface area contributed by atoms with Crippen LogP contribution in [-0.2, 0) is 4.79 Å². The Bertz CT molecular complexity index is 630. The molecular weight excluding hydrogens is 248 g/mol. The van der Waals surface area contributed by atoms with Crippen molar-refractivity contribution in [1.29, 1.82) is 5.26 Å². The average molecular weight is 258 g/mol. The number of rotatable bonds is 4. The number of hydrogen-bond acceptors (Lipinski definition) is 6. The summed E-state index contributed by atoms with van der Waals surface area (Å²) in [6, 6.07) is 8.64. The van der Waals surface area contributed by atoms with Gasteiger partial charge in [-0.05, 0) is 19.1 Å². The van der Waals surface area contributed by atoms with Crippen molar-refractivity contribution in [2.45, 2.75) is 6.92 Å². The standard InChI is InChI=1S/C12H10N4O3/c1-8-14-12(19-16-8)15-11(17)7-18-10-5-3-2-4-9(10)6-13/h2-5H,7H2,1H3,(H,14,15,16,17). The van der Waals surface area contributed by atoms with Gasteiger partial charge in [0.15, 0.2) is 12.4 Å². The van der Waals surface area contributed by atoms with Crippen molar-refractivity contribution in [2.75, 3.05) is 11.9 Å². The van der Waals surface area contributed by atoms with Crippen LogP contribution in [0.3, 0.4) is 0 Å². The maximum atomic E-state index is 11.5. The molecule has 0 saturated heterocycles. The Kier molecular flexibility index (Phi) is 3.73. The minimum Gasteiger partial charge on any atom is -0.482 e. The summed E-state index contributed by atoms with van der Waals surface area (Å²) >= 11 is 0. The van der Waals surface area contributed by atoms with Crippen molar-refractivity contribution in [3.8, 4) is 11.8 Å². The number of nitrogens with one attached hydrogen (secondary N) is 1. The largest absolute Gasteiger partial charge is 0.482 e. The Balaban J connectivity index is 1.92. The van der Waals surface area contributed by atoms with E-state index in [4.69, 9.17) is 14.5 Å². The van der Waals surface area contributed by atoms with Gasteiger partial charge >= 0.3 is 6.01 Å². The van der Waals surface area contributed by atoms with Gasteiger partial charge in [0.05, 0.1) is 5.56 Å². The first-order valence-corrected chi connectivity index (χ1v) is 5.41. The zero-order chi connectivity index (χ0) is 13.7. The van der Waals surface area contributed by atoms with Gasteiger partial charge in [0, 0.05) is 0 Å². The number of carbonyl (C=O) groups excluding carboxylic acids is 1. The first-order chi connectivity index (χ1) is 9.19. The van der Waals surface area contributed by atoms with E-state index in [1.165, 1.54) is 0 Å². The van der Waals surface area contributed by atoms with Gasteiger partial charge in [-0.2, -0.15) is 10.2 Å². The molecule has 0 aliphatic heterocycles. The molecule has 1 N–H and O–H groups in total. The van der Waals surface area contributed by atoms with Crippen LogP contribution in [0, 0.1) is 18.3 Å². The molecule has 2 rings (SSSR count). The van der Waals surface area contributed by atoms with Gasteiger partial charge in [-0.1, -0.05) is 17.3 Å². The summed E-state index contributed by atoms with van der Waals surface area (Å²) in [7, 11) is 0. The normalized spacial score (nSPS) is 9.68. The molecule has 2 aromatic rings. The van der Waals surface area contributed by atoms with Gasteiger partial charge < -0.3 is 9.26 Å². The minimum absolute atomic E-state index is 0.0136. The number of benzene rings is 1. The van der Waals surface area contributed by atoms with Gasteiger partial charge in [-0.3, -0.25) is 10.1 Å². The number of nitrogens with zero attached hydrogens (tertiary/aromatic N) is 3. The predicted octanol–water partition coefficient (Wildman–Crippen LogP) is 1.27. The Hall–Kier alpha value is -2.88. The first kappa shape index (κ1) is 12.6. The third-order valence-electron chi connectivity index (χ3n) is 2.14. The number of aryl methyl sites for hydroxylation is 1. The first-order valence-electron chi connectivity index (χ1n) is 5.41. The monoisotopic (exact) mass is 258 g/mol. The lowest BCUT2D eigenvalue weighted by molar-refractivity contribution is -0.118. The highest BCUT2D eigenvalue weighted by molar-refractivity contribution is 5.89. The molecule has 0 aliphatic rings. The molecule has 19 heavy (non-hydrogen) atoms. The van der Waals surface area contributed by atoms with Gasteiger partial charge in [0.2, 0.25) is 0 Å². The fourth-order valence-corrected chi connectivity index (χ4v) is 1.33. The molecule has 0 bridgehead atoms. The zero-order valence-electron chi connectivity index (χ0n) is 10.1. The fourth-order valence-electron chi connectivity index (χ4n) is 1.33. The van der Waals surface area contributed by atoms with Crippen LogP contribution in [0.5, 0.6) is 5.75 Å². The second-order valence-electron chi connectivity index (χ2n) is 3.59. The van der Waals surface area contributed by atoms with Gasteiger partial charge in [-0.25, -0.2) is 0 Å². The highest BCUT2D eigenvalue weighted by atomic mass is 16.5. The lowest BCUT2D eigenvalue weighted by Gasteiger charge is -2.06. The number of amides is 1. The van der Waals surface area contributed by atoms with E-state index in [0.29, 0.717) is 17.1 Å². The van der Waals surface area contributed by atoms with E-state index in [1.807, 2.05) is 6.07 Å². The molecule has 0 radical (unpaired) electrons. The van der Waals surface area contributed by atoms with Crippen molar-refractivity contribution < 1.29 is 14.1 Å². The number of ether oxygens (including phenoxy) is 1. The van der Waals surface area contributed by atoms with Crippen LogP contribution in [0.15, 0.2) is 28.8 Å². The molecule has 1 aromatic heterocycles. The zero-order valence-corrected chi connectivity index (χ0v) is 10.1. The Morgan fingerprint density at radius 1 is 1.53 bits per heavy atom. The Morgan fingerprint density at radius 2 is 2.32 bits per heavy atom. The minimum atomic E-state index is -0.448. The van der Waals surface area contributed by atoms with Crippen molar-refractivity contribution in [1.82, 2.24) is 10.1 Å². The van der Waals surface area contributed by atoms with E-state index in [9.17, 15) is 4.79 Å². The van der Waals surface area contributed by atoms with E-state index in [2.05, 4.69) is 15.5 Å². The van der Waals surface area contributed by atoms with Crippen molar-refractivity contribution in [3.05, 3.63) is 35.7 Å². The molecule has 0 unspecified atom stereocenters. The van der Waals surface area contributed by atoms with E-state index < -0.39 is 5.91 Å². The Morgan fingerprint density at radius 3 is 3.00 bits per heavy atom. The van der Waals surface area contributed by atoms with Crippen LogP contribution in [0.4, 0.5) is 6.01 Å². The number of anilines is 1. The van der Waals surface area contributed by atoms with Crippen molar-refractivity contribution >= 4 is 11.9 Å². The molecule has 1 amide bonds. The lowest BCUT2D eigenvalue weighted by Crippen LogP contribution is -2.20. The van der Waals surface area contributed by atoms with Gasteiger partial charge in [0.25, 0.3) is 5.91 Å². The summed E-state index contributed by atoms with van der Waals surface area (Å²) in [5.74, 6) is 0.323. The summed E-state index contributed by atoms with van der Waals surface area (Å²) < 4.78 is 9.98. The third kappa shape index (κ3) is 3.29. The quantitative estimate of drug-likeness (QED) is 0.886. The number of hydrogen-bond donors (Lipinski definition) is 1. The summed E-state index contributed by atoms with van der Waals surface area (Å²) in [4.78, 5) is 15.4. The number of aromatic nitrogens is 2. The van der Waals surface area contributed by atoms with Crippen LogP contribution in [0.25, 0.3) is 0 Å². The van der Waals surface area contributed by atoms with Crippen molar-refractivity contribution in [3.63, 3.8) is 0 Å². The molecule has 1 aromatic carbocycles. The molecule has 0 saturated carbocycles. The van der Waals surface area contributed by atoms with E-state index in [0.717, 1.165) is 0 Å². The maximum Gasteiger partial charge on any atom is 0.328 e. The second-order valence-corrected chi connectivity index (χ2v) is 3.59. The number of nitriles is 1. The molecule has 7 heteroatoms. The summed E-state index contributed by atoms with van der Waals surface area (Å²) in [5, 5.41) is 14.8. The third-order valence-corrected chi connectivity index (χ3v) is 2.14. The molecule has 7 nitrogen and oxygen atoms in total. The maximum absolute atomic E-state index is 11.5. The van der Waals surface area contributed by atoms with E-state index >= 15 is 0 Å². The smallest absolute Gasteiger partial charge is 0.328 e. The lowest BCUT2D eigenvalue weighted by atomic mass is 10.2. The molecule has 0 fully saturated rings. The van der Waals surface area contributed by atoms with Gasteiger partial charge in [-0.15, -0.1) is 0 Å². The van der Waals surface area contributed by atoms with Crippen LogP contribution in [0.1, 0.15) is 11.4 Å². The van der Waals surface area contributed by atoms with Crippen LogP contribution >= 0.6 is 0 Å². The van der Waals surface area contributed by atoms with Crippen LogP contribution < -0.4 is 10.1 Å². The molecule has 0 atom stereocenters. The Labute approximate surface area is 108 Å². The highest BCUT2D eigenvalue weighted by Crippen LogP contribution is 2.16. The molecule has 0 aliphatic carbocycles. The van der Waals surface area contributed by atoms with Crippen LogP contribution in [0.2, 0.25) is 0 Å². The van der Waals surface area contributed by atoms with E-state index in [1.54, 1.807) is 31.2 Å². The molecular formula is C12H10N4O3. The van der Waals surface area contributed by atoms with Crippen molar-refractivity contribution in [2.24, 2.45) is 0 Å². The number of para-hydroxylation sites is 1. The molecule has 96 valence electrons. The molecule has 1 heterocycles. The molecule has 0 spiro atoms. The summed E-state index contributed by atoms with van der Waals surface area (Å²) in [5.41, 5.74) is 0.365. The fraction of sp³-hybridized carbons (Fsp3) is 0.167. The highest BCUT2D eigenvalue weighted by Gasteiger charge is 2.10. The summed E-state index contributed by atoms with van der Waals surface area (Å²) in [6.45, 7) is 1.39. The second kappa shape index (κ2) is 5.64. The summed E-state index contributed by atoms with van der Waals surface area (Å²) in [6.07, 6.45) is 0. The van der Waals surface area contributed by atoms with E-state index in [-0.39, 0.29) is 12.6 Å². The predicted molar refractivity (Wildman–Crippen MR) is 64.3 cm³/mol. The van der Waals surface area contributed by atoms with Crippen LogP contribution in [-0.4, -0.2) is 22.7 Å². The topological polar surface area (TPSA) is 101 Å². The van der Waals surface area contributed by atoms with Gasteiger partial charge in [0.1, 0.15) is 11.8 Å². The number of carbonyl (C=O) groups is 1. The average Bonchev–Trinajstić information content (AvgIpc) is 2.82.